The highest BCUT2D eigenvalue weighted by molar-refractivity contribution is 9.10. The maximum absolute atomic E-state index is 13.0. The van der Waals surface area contributed by atoms with Crippen LogP contribution in [0.2, 0.25) is 0 Å². The molecule has 1 N–H and O–H groups in total. The topological polar surface area (TPSA) is 46.2 Å². The molecule has 0 aliphatic carbocycles. The fourth-order valence-corrected chi connectivity index (χ4v) is 2.93. The van der Waals surface area contributed by atoms with Crippen LogP contribution < -0.4 is 4.72 Å². The average Bonchev–Trinajstić information content (AvgIpc) is 2.21. The van der Waals surface area contributed by atoms with Gasteiger partial charge < -0.3 is 0 Å². The van der Waals surface area contributed by atoms with Gasteiger partial charge in [0.25, 0.3) is 0 Å². The van der Waals surface area contributed by atoms with Gasteiger partial charge in [0, 0.05) is 5.69 Å². The molecule has 0 saturated carbocycles. The monoisotopic (exact) mass is 323 g/mol. The smallest absolute Gasteiger partial charge is 0.232 e. The van der Waals surface area contributed by atoms with Crippen LogP contribution in [-0.4, -0.2) is 14.2 Å². The lowest BCUT2D eigenvalue weighted by Crippen LogP contribution is -2.17. The van der Waals surface area contributed by atoms with Gasteiger partial charge in [-0.3, -0.25) is 4.72 Å². The zero-order valence-electron chi connectivity index (χ0n) is 9.70. The number of hydrogen-bond donors (Lipinski definition) is 1. The zero-order chi connectivity index (χ0) is 13.1. The molecule has 0 aliphatic rings. The van der Waals surface area contributed by atoms with Gasteiger partial charge in [0.15, 0.2) is 0 Å². The number of hydrogen-bond acceptors (Lipinski definition) is 2. The molecule has 6 heteroatoms. The first-order valence-electron chi connectivity index (χ1n) is 5.26. The van der Waals surface area contributed by atoms with Crippen LogP contribution in [0.3, 0.4) is 0 Å². The van der Waals surface area contributed by atoms with Crippen LogP contribution in [0.15, 0.2) is 22.7 Å². The Morgan fingerprint density at radius 2 is 2.06 bits per heavy atom. The minimum Gasteiger partial charge on any atom is -0.284 e. The predicted octanol–water partition coefficient (Wildman–Crippen LogP) is 3.38. The van der Waals surface area contributed by atoms with Gasteiger partial charge in [0.1, 0.15) is 5.82 Å². The molecule has 0 fully saturated rings. The molecule has 0 radical (unpaired) electrons. The minimum atomic E-state index is -3.35. The second-order valence-electron chi connectivity index (χ2n) is 4.23. The second-order valence-corrected chi connectivity index (χ2v) is 6.93. The molecule has 0 aromatic heterocycles. The highest BCUT2D eigenvalue weighted by atomic mass is 79.9. The number of rotatable bonds is 5. The summed E-state index contributed by atoms with van der Waals surface area (Å²) >= 11 is 3.01. The SMILES string of the molecule is CC(C)CCS(=O)(=O)Nc1ccc(F)c(Br)c1. The first-order valence-corrected chi connectivity index (χ1v) is 7.70. The van der Waals surface area contributed by atoms with Gasteiger partial charge in [-0.1, -0.05) is 13.8 Å². The first-order chi connectivity index (χ1) is 7.80. The normalized spacial score (nSPS) is 11.8. The molecule has 1 rings (SSSR count). The van der Waals surface area contributed by atoms with Crippen molar-refractivity contribution in [2.24, 2.45) is 5.92 Å². The average molecular weight is 324 g/mol. The van der Waals surface area contributed by atoms with E-state index in [0.717, 1.165) is 0 Å². The summed E-state index contributed by atoms with van der Waals surface area (Å²) in [5, 5.41) is 0. The number of halogens is 2. The number of benzene rings is 1. The molecular weight excluding hydrogens is 309 g/mol. The molecule has 0 amide bonds. The molecule has 96 valence electrons. The summed E-state index contributed by atoms with van der Waals surface area (Å²) in [4.78, 5) is 0. The van der Waals surface area contributed by atoms with Crippen LogP contribution >= 0.6 is 15.9 Å². The third-order valence-corrected chi connectivity index (χ3v) is 4.08. The summed E-state index contributed by atoms with van der Waals surface area (Å²) in [5.41, 5.74) is 0.363. The second kappa shape index (κ2) is 5.82. The van der Waals surface area contributed by atoms with E-state index in [1.54, 1.807) is 0 Å². The van der Waals surface area contributed by atoms with E-state index in [2.05, 4.69) is 20.7 Å². The van der Waals surface area contributed by atoms with Crippen LogP contribution in [0.5, 0.6) is 0 Å². The van der Waals surface area contributed by atoms with Gasteiger partial charge in [-0.05, 0) is 46.5 Å². The zero-order valence-corrected chi connectivity index (χ0v) is 12.1. The van der Waals surface area contributed by atoms with E-state index < -0.39 is 15.8 Å². The van der Waals surface area contributed by atoms with Gasteiger partial charge in [-0.2, -0.15) is 0 Å². The van der Waals surface area contributed by atoms with Gasteiger partial charge in [0.2, 0.25) is 10.0 Å². The quantitative estimate of drug-likeness (QED) is 0.902. The minimum absolute atomic E-state index is 0.0691. The van der Waals surface area contributed by atoms with Gasteiger partial charge in [-0.25, -0.2) is 12.8 Å². The largest absolute Gasteiger partial charge is 0.284 e. The van der Waals surface area contributed by atoms with E-state index in [-0.39, 0.29) is 10.2 Å². The van der Waals surface area contributed by atoms with Crippen molar-refractivity contribution < 1.29 is 12.8 Å². The number of sulfonamides is 1. The first kappa shape index (κ1) is 14.4. The van der Waals surface area contributed by atoms with E-state index in [9.17, 15) is 12.8 Å². The highest BCUT2D eigenvalue weighted by Crippen LogP contribution is 2.21. The Labute approximate surface area is 110 Å². The highest BCUT2D eigenvalue weighted by Gasteiger charge is 2.12. The standard InChI is InChI=1S/C11H15BrFNO2S/c1-8(2)5-6-17(15,16)14-9-3-4-11(13)10(12)7-9/h3-4,7-8,14H,5-6H2,1-2H3. The van der Waals surface area contributed by atoms with Crippen LogP contribution in [0.25, 0.3) is 0 Å². The van der Waals surface area contributed by atoms with E-state index >= 15 is 0 Å². The molecule has 0 heterocycles. The van der Waals surface area contributed by atoms with Crippen molar-refractivity contribution in [3.05, 3.63) is 28.5 Å². The van der Waals surface area contributed by atoms with E-state index in [1.807, 2.05) is 13.8 Å². The van der Waals surface area contributed by atoms with Crippen LogP contribution in [0, 0.1) is 11.7 Å². The Hall–Kier alpha value is -0.620. The maximum atomic E-state index is 13.0. The maximum Gasteiger partial charge on any atom is 0.232 e. The summed E-state index contributed by atoms with van der Waals surface area (Å²) in [6.45, 7) is 3.92. The van der Waals surface area contributed by atoms with Gasteiger partial charge in [-0.15, -0.1) is 0 Å². The lowest BCUT2D eigenvalue weighted by molar-refractivity contribution is 0.578. The lowest BCUT2D eigenvalue weighted by atomic mass is 10.2. The van der Waals surface area contributed by atoms with Gasteiger partial charge in [0.05, 0.1) is 10.2 Å². The van der Waals surface area contributed by atoms with Crippen LogP contribution in [-0.2, 0) is 10.0 Å². The van der Waals surface area contributed by atoms with Crippen molar-refractivity contribution in [1.29, 1.82) is 0 Å². The van der Waals surface area contributed by atoms with Crippen LogP contribution in [0.4, 0.5) is 10.1 Å². The molecular formula is C11H15BrFNO2S. The molecule has 0 unspecified atom stereocenters. The third kappa shape index (κ3) is 5.04. The summed E-state index contributed by atoms with van der Waals surface area (Å²) in [5.74, 6) is -0.0266. The van der Waals surface area contributed by atoms with Crippen molar-refractivity contribution in [2.75, 3.05) is 10.5 Å². The Morgan fingerprint density at radius 3 is 2.59 bits per heavy atom. The van der Waals surface area contributed by atoms with Crippen LogP contribution in [0.1, 0.15) is 20.3 Å². The fraction of sp³-hybridized carbons (Fsp3) is 0.455. The molecule has 0 spiro atoms. The Balaban J connectivity index is 2.73. The molecule has 0 saturated heterocycles. The van der Waals surface area contributed by atoms with Crippen molar-refractivity contribution >= 4 is 31.6 Å². The Bertz CT molecular complexity index is 488. The molecule has 0 atom stereocenters. The van der Waals surface area contributed by atoms with Gasteiger partial charge >= 0.3 is 0 Å². The Kier molecular flexibility index (Phi) is 4.94. The molecule has 0 bridgehead atoms. The molecule has 0 aliphatic heterocycles. The van der Waals surface area contributed by atoms with Crippen molar-refractivity contribution in [1.82, 2.24) is 0 Å². The van der Waals surface area contributed by atoms with Crippen molar-refractivity contribution in [2.45, 2.75) is 20.3 Å². The van der Waals surface area contributed by atoms with E-state index in [1.165, 1.54) is 18.2 Å². The Morgan fingerprint density at radius 1 is 1.41 bits per heavy atom. The molecule has 17 heavy (non-hydrogen) atoms. The number of nitrogens with one attached hydrogen (secondary N) is 1. The van der Waals surface area contributed by atoms with E-state index in [4.69, 9.17) is 0 Å². The summed E-state index contributed by atoms with van der Waals surface area (Å²) in [6, 6.07) is 4.01. The summed E-state index contributed by atoms with van der Waals surface area (Å²) < 4.78 is 39.0. The summed E-state index contributed by atoms with van der Waals surface area (Å²) in [6.07, 6.45) is 0.595. The third-order valence-electron chi connectivity index (χ3n) is 2.16. The van der Waals surface area contributed by atoms with E-state index in [0.29, 0.717) is 18.0 Å². The molecule has 1 aromatic rings. The fourth-order valence-electron chi connectivity index (χ4n) is 1.18. The van der Waals surface area contributed by atoms with Crippen molar-refractivity contribution in [3.63, 3.8) is 0 Å². The predicted molar refractivity (Wildman–Crippen MR) is 71.0 cm³/mol. The molecule has 1 aromatic carbocycles. The molecule has 3 nitrogen and oxygen atoms in total. The number of anilines is 1. The van der Waals surface area contributed by atoms with Crippen molar-refractivity contribution in [3.8, 4) is 0 Å². The lowest BCUT2D eigenvalue weighted by Gasteiger charge is -2.09. The summed E-state index contributed by atoms with van der Waals surface area (Å²) in [7, 11) is -3.35.